The van der Waals surface area contributed by atoms with Gasteiger partial charge in [0.1, 0.15) is 6.04 Å². The van der Waals surface area contributed by atoms with Crippen LogP contribution in [0.2, 0.25) is 0 Å². The Morgan fingerprint density at radius 3 is 2.56 bits per heavy atom. The summed E-state index contributed by atoms with van der Waals surface area (Å²) in [6.07, 6.45) is -1.40. The molecule has 0 bridgehead atoms. The van der Waals surface area contributed by atoms with Gasteiger partial charge in [0.05, 0.1) is 5.57 Å². The third-order valence-electron chi connectivity index (χ3n) is 5.39. The third-order valence-corrected chi connectivity index (χ3v) is 5.83. The number of benzene rings is 1. The quantitative estimate of drug-likeness (QED) is 0.829. The Hall–Kier alpha value is -1.66. The molecule has 7 heteroatoms. The molecule has 1 amide bonds. The van der Waals surface area contributed by atoms with Crippen LogP contribution in [0.5, 0.6) is 0 Å². The molecule has 1 aliphatic heterocycles. The van der Waals surface area contributed by atoms with Crippen LogP contribution < -0.4 is 5.32 Å². The lowest BCUT2D eigenvalue weighted by Gasteiger charge is -2.32. The van der Waals surface area contributed by atoms with Gasteiger partial charge in [0, 0.05) is 42.4 Å². The summed E-state index contributed by atoms with van der Waals surface area (Å²) >= 11 is 5.88. The van der Waals surface area contributed by atoms with Crippen molar-refractivity contribution in [2.24, 2.45) is 0 Å². The predicted molar refractivity (Wildman–Crippen MR) is 93.1 cm³/mol. The van der Waals surface area contributed by atoms with Crippen LogP contribution in [-0.4, -0.2) is 41.0 Å². The van der Waals surface area contributed by atoms with Gasteiger partial charge in [0.2, 0.25) is 0 Å². The number of hydrogen-bond acceptors (Lipinski definition) is 3. The second kappa shape index (κ2) is 6.25. The summed E-state index contributed by atoms with van der Waals surface area (Å²) < 4.78 is 27.6. The van der Waals surface area contributed by atoms with Crippen LogP contribution in [0.25, 0.3) is 0 Å². The maximum Gasteiger partial charge on any atom is 0.261 e. The van der Waals surface area contributed by atoms with Crippen LogP contribution >= 0.6 is 11.8 Å². The fraction of sp³-hybridized carbons (Fsp3) is 0.500. The number of hydrogen-bond donors (Lipinski definition) is 1. The first-order valence-corrected chi connectivity index (χ1v) is 8.58. The van der Waals surface area contributed by atoms with Crippen LogP contribution in [0, 0.1) is 0 Å². The molecule has 3 atom stereocenters. The summed E-state index contributed by atoms with van der Waals surface area (Å²) in [5.74, 6) is -0.412. The van der Waals surface area contributed by atoms with E-state index in [1.165, 1.54) is 29.4 Å². The number of rotatable bonds is 3. The summed E-state index contributed by atoms with van der Waals surface area (Å²) in [6, 6.07) is 6.43. The minimum Gasteiger partial charge on any atom is -0.348 e. The first-order chi connectivity index (χ1) is 11.7. The van der Waals surface area contributed by atoms with E-state index in [1.807, 2.05) is 19.1 Å². The lowest BCUT2D eigenvalue weighted by Crippen LogP contribution is -2.49. The van der Waals surface area contributed by atoms with Crippen molar-refractivity contribution < 1.29 is 13.6 Å². The Morgan fingerprint density at radius 2 is 1.96 bits per heavy atom. The standard InChI is InChI=1S/C18H22ClF2N3O/c1-10-11-7-5-6-8-13(11)18(2,3)15(10)22-17(25)12-9-23(4)24(19)14(12)16(20)21/h5-10,14-16H,1-4H3,(H,22,25). The maximum absolute atomic E-state index is 13.4. The van der Waals surface area contributed by atoms with Gasteiger partial charge in [-0.3, -0.25) is 4.79 Å². The number of alkyl halides is 2. The number of hydrazine groups is 1. The van der Waals surface area contributed by atoms with E-state index in [-0.39, 0.29) is 22.9 Å². The molecule has 1 heterocycles. The molecule has 3 unspecified atom stereocenters. The van der Waals surface area contributed by atoms with Crippen LogP contribution in [0.15, 0.2) is 36.0 Å². The zero-order chi connectivity index (χ0) is 18.5. The Bertz CT molecular complexity index is 722. The number of nitrogens with zero attached hydrogens (tertiary/aromatic N) is 2. The molecule has 0 aromatic heterocycles. The van der Waals surface area contributed by atoms with Gasteiger partial charge in [0.25, 0.3) is 12.3 Å². The summed E-state index contributed by atoms with van der Waals surface area (Å²) in [5, 5.41) is 4.28. The lowest BCUT2D eigenvalue weighted by atomic mass is 9.81. The van der Waals surface area contributed by atoms with Crippen LogP contribution in [-0.2, 0) is 10.2 Å². The van der Waals surface area contributed by atoms with Gasteiger partial charge in [-0.05, 0) is 11.1 Å². The SMILES string of the molecule is CC1c2ccccc2C(C)(C)C1NC(=O)C1=CN(C)N(Cl)C1C(F)F. The molecular weight excluding hydrogens is 348 g/mol. The number of amides is 1. The topological polar surface area (TPSA) is 35.6 Å². The lowest BCUT2D eigenvalue weighted by molar-refractivity contribution is -0.119. The van der Waals surface area contributed by atoms with Gasteiger partial charge in [-0.1, -0.05) is 45.0 Å². The number of fused-ring (bicyclic) bond motifs is 1. The van der Waals surface area contributed by atoms with Crippen LogP contribution in [0.1, 0.15) is 37.8 Å². The fourth-order valence-electron chi connectivity index (χ4n) is 4.05. The normalized spacial score (nSPS) is 28.2. The second-order valence-electron chi connectivity index (χ2n) is 7.27. The van der Waals surface area contributed by atoms with Gasteiger partial charge in [0.15, 0.2) is 0 Å². The number of nitrogens with one attached hydrogen (secondary N) is 1. The van der Waals surface area contributed by atoms with Gasteiger partial charge < -0.3 is 10.3 Å². The third kappa shape index (κ3) is 2.81. The Labute approximate surface area is 151 Å². The molecule has 4 nitrogen and oxygen atoms in total. The number of carbonyl (C=O) groups is 1. The Balaban J connectivity index is 1.86. The van der Waals surface area contributed by atoms with E-state index >= 15 is 0 Å². The highest BCUT2D eigenvalue weighted by atomic mass is 35.5. The van der Waals surface area contributed by atoms with E-state index in [4.69, 9.17) is 11.8 Å². The molecule has 0 spiro atoms. The molecule has 1 N–H and O–H groups in total. The largest absolute Gasteiger partial charge is 0.348 e. The molecule has 2 aliphatic rings. The average molecular weight is 370 g/mol. The molecule has 1 aliphatic carbocycles. The van der Waals surface area contributed by atoms with Crippen LogP contribution in [0.4, 0.5) is 8.78 Å². The molecule has 136 valence electrons. The minimum atomic E-state index is -2.76. The van der Waals surface area contributed by atoms with E-state index in [0.29, 0.717) is 0 Å². The maximum atomic E-state index is 13.4. The van der Waals surface area contributed by atoms with E-state index in [1.54, 1.807) is 0 Å². The van der Waals surface area contributed by atoms with Crippen molar-refractivity contribution in [2.45, 2.75) is 50.6 Å². The highest BCUT2D eigenvalue weighted by Gasteiger charge is 2.47. The predicted octanol–water partition coefficient (Wildman–Crippen LogP) is 3.40. The highest BCUT2D eigenvalue weighted by Crippen LogP contribution is 2.45. The summed E-state index contributed by atoms with van der Waals surface area (Å²) in [7, 11) is 1.53. The minimum absolute atomic E-state index is 0.0218. The van der Waals surface area contributed by atoms with Gasteiger partial charge in [-0.25, -0.2) is 8.78 Å². The van der Waals surface area contributed by atoms with Crippen molar-refractivity contribution in [3.05, 3.63) is 47.2 Å². The van der Waals surface area contributed by atoms with Gasteiger partial charge in [-0.2, -0.15) is 0 Å². The average Bonchev–Trinajstić information content (AvgIpc) is 2.95. The Kier molecular flexibility index (Phi) is 4.54. The first-order valence-electron chi connectivity index (χ1n) is 8.24. The highest BCUT2D eigenvalue weighted by molar-refractivity contribution is 6.14. The molecule has 3 rings (SSSR count). The zero-order valence-corrected chi connectivity index (χ0v) is 15.4. The van der Waals surface area contributed by atoms with Crippen molar-refractivity contribution in [3.8, 4) is 0 Å². The van der Waals surface area contributed by atoms with Crippen molar-refractivity contribution in [3.63, 3.8) is 0 Å². The van der Waals surface area contributed by atoms with Crippen molar-refractivity contribution in [2.75, 3.05) is 7.05 Å². The molecular formula is C18H22ClF2N3O. The molecule has 1 aromatic carbocycles. The molecule has 1 aromatic rings. The van der Waals surface area contributed by atoms with E-state index in [9.17, 15) is 13.6 Å². The second-order valence-corrected chi connectivity index (χ2v) is 7.62. The summed E-state index contributed by atoms with van der Waals surface area (Å²) in [6.45, 7) is 6.17. The zero-order valence-electron chi connectivity index (χ0n) is 14.6. The molecule has 25 heavy (non-hydrogen) atoms. The van der Waals surface area contributed by atoms with E-state index < -0.39 is 18.4 Å². The molecule has 0 radical (unpaired) electrons. The fourth-order valence-corrected chi connectivity index (χ4v) is 4.28. The number of carbonyl (C=O) groups excluding carboxylic acids is 1. The molecule has 0 saturated heterocycles. The van der Waals surface area contributed by atoms with Crippen LogP contribution in [0.3, 0.4) is 0 Å². The van der Waals surface area contributed by atoms with Crippen molar-refractivity contribution in [1.29, 1.82) is 0 Å². The monoisotopic (exact) mass is 369 g/mol. The first kappa shape index (κ1) is 18.1. The van der Waals surface area contributed by atoms with E-state index in [2.05, 4.69) is 31.3 Å². The molecule has 0 fully saturated rings. The summed E-state index contributed by atoms with van der Waals surface area (Å²) in [4.78, 5) is 12.8. The molecule has 0 saturated carbocycles. The van der Waals surface area contributed by atoms with Gasteiger partial charge in [-0.15, -0.1) is 4.53 Å². The number of halogens is 3. The van der Waals surface area contributed by atoms with E-state index in [0.717, 1.165) is 4.53 Å². The summed E-state index contributed by atoms with van der Waals surface area (Å²) in [5.41, 5.74) is 2.04. The smallest absolute Gasteiger partial charge is 0.261 e. The Morgan fingerprint density at radius 1 is 1.32 bits per heavy atom. The van der Waals surface area contributed by atoms with Crippen molar-refractivity contribution in [1.82, 2.24) is 14.9 Å². The van der Waals surface area contributed by atoms with Crippen molar-refractivity contribution >= 4 is 17.7 Å². The van der Waals surface area contributed by atoms with Gasteiger partial charge >= 0.3 is 0 Å².